The van der Waals surface area contributed by atoms with Crippen molar-refractivity contribution in [1.29, 1.82) is 0 Å². The number of halogens is 2. The number of nitrogens with zero attached hydrogens (tertiary/aromatic N) is 1. The van der Waals surface area contributed by atoms with E-state index in [4.69, 9.17) is 4.74 Å². The normalized spacial score (nSPS) is 21.5. The number of hydrogen-bond acceptors (Lipinski definition) is 3. The summed E-state index contributed by atoms with van der Waals surface area (Å²) in [6.07, 6.45) is 2.39. The number of piperazine rings is 1. The number of nitrogens with one attached hydrogen (secondary N) is 1. The quantitative estimate of drug-likeness (QED) is 0.909. The highest BCUT2D eigenvalue weighted by Crippen LogP contribution is 2.35. The molecule has 0 unspecified atom stereocenters. The zero-order valence-electron chi connectivity index (χ0n) is 13.3. The van der Waals surface area contributed by atoms with Crippen molar-refractivity contribution in [2.45, 2.75) is 25.8 Å². The summed E-state index contributed by atoms with van der Waals surface area (Å²) in [6, 6.07) is 9.74. The fourth-order valence-corrected chi connectivity index (χ4v) is 3.54. The number of ether oxygens (including phenoxy) is 1. The molecular weight excluding hydrogens is 319 g/mol. The Morgan fingerprint density at radius 2 is 1.64 bits per heavy atom. The molecule has 1 aromatic rings. The van der Waals surface area contributed by atoms with E-state index in [1.165, 1.54) is 24.0 Å². The predicted octanol–water partition coefficient (Wildman–Crippen LogP) is 3.21. The van der Waals surface area contributed by atoms with Gasteiger partial charge in [0.2, 0.25) is 0 Å². The maximum atomic E-state index is 5.56. The average molecular weight is 347 g/mol. The third kappa shape index (κ3) is 4.84. The molecule has 1 atom stereocenters. The second-order valence-corrected chi connectivity index (χ2v) is 6.09. The first-order valence-electron chi connectivity index (χ1n) is 7.93. The molecule has 126 valence electrons. The molecule has 2 aliphatic heterocycles. The predicted molar refractivity (Wildman–Crippen MR) is 96.4 cm³/mol. The first-order chi connectivity index (χ1) is 9.84. The molecule has 2 heterocycles. The summed E-state index contributed by atoms with van der Waals surface area (Å²) < 4.78 is 5.56. The van der Waals surface area contributed by atoms with Crippen molar-refractivity contribution < 1.29 is 4.74 Å². The van der Waals surface area contributed by atoms with Gasteiger partial charge < -0.3 is 10.1 Å². The number of benzene rings is 1. The summed E-state index contributed by atoms with van der Waals surface area (Å²) in [6.45, 7) is 8.58. The molecule has 0 amide bonds. The van der Waals surface area contributed by atoms with Crippen molar-refractivity contribution in [1.82, 2.24) is 10.2 Å². The molecule has 3 rings (SSSR count). The third-order valence-electron chi connectivity index (χ3n) is 4.68. The van der Waals surface area contributed by atoms with Gasteiger partial charge in [-0.3, -0.25) is 4.90 Å². The Labute approximate surface area is 146 Å². The van der Waals surface area contributed by atoms with Crippen molar-refractivity contribution in [3.8, 4) is 0 Å². The van der Waals surface area contributed by atoms with E-state index in [0.29, 0.717) is 6.04 Å². The number of aryl methyl sites for hydroxylation is 1. The second-order valence-electron chi connectivity index (χ2n) is 6.09. The van der Waals surface area contributed by atoms with Gasteiger partial charge in [0.15, 0.2) is 0 Å². The van der Waals surface area contributed by atoms with Gasteiger partial charge in [-0.15, -0.1) is 24.8 Å². The Morgan fingerprint density at radius 1 is 1.05 bits per heavy atom. The lowest BCUT2D eigenvalue weighted by atomic mass is 9.85. The smallest absolute Gasteiger partial charge is 0.0469 e. The Balaban J connectivity index is 0.00000121. The molecule has 22 heavy (non-hydrogen) atoms. The van der Waals surface area contributed by atoms with Crippen LogP contribution in [-0.4, -0.2) is 44.3 Å². The highest BCUT2D eigenvalue weighted by molar-refractivity contribution is 5.85. The minimum atomic E-state index is 0. The summed E-state index contributed by atoms with van der Waals surface area (Å²) >= 11 is 0. The third-order valence-corrected chi connectivity index (χ3v) is 4.68. The first kappa shape index (κ1) is 19.7. The molecule has 2 aliphatic rings. The molecule has 0 aliphatic carbocycles. The van der Waals surface area contributed by atoms with Gasteiger partial charge in [0.25, 0.3) is 0 Å². The number of hydrogen-bond donors (Lipinski definition) is 1. The van der Waals surface area contributed by atoms with Crippen LogP contribution in [0.4, 0.5) is 0 Å². The molecule has 3 nitrogen and oxygen atoms in total. The van der Waals surface area contributed by atoms with Crippen LogP contribution in [0.25, 0.3) is 0 Å². The van der Waals surface area contributed by atoms with Gasteiger partial charge in [-0.05, 0) is 31.2 Å². The molecule has 5 heteroatoms. The van der Waals surface area contributed by atoms with Crippen LogP contribution in [0, 0.1) is 12.8 Å². The van der Waals surface area contributed by atoms with Gasteiger partial charge in [0.05, 0.1) is 0 Å². The Morgan fingerprint density at radius 3 is 2.23 bits per heavy atom. The Kier molecular flexibility index (Phi) is 8.73. The van der Waals surface area contributed by atoms with E-state index < -0.39 is 0 Å². The summed E-state index contributed by atoms with van der Waals surface area (Å²) in [7, 11) is 0. The van der Waals surface area contributed by atoms with Gasteiger partial charge >= 0.3 is 0 Å². The van der Waals surface area contributed by atoms with Crippen molar-refractivity contribution in [2.75, 3.05) is 39.4 Å². The van der Waals surface area contributed by atoms with E-state index in [0.717, 1.165) is 45.3 Å². The van der Waals surface area contributed by atoms with Gasteiger partial charge in [-0.2, -0.15) is 0 Å². The highest BCUT2D eigenvalue weighted by atomic mass is 35.5. The van der Waals surface area contributed by atoms with Gasteiger partial charge in [-0.1, -0.05) is 29.8 Å². The molecule has 0 saturated carbocycles. The van der Waals surface area contributed by atoms with Crippen LogP contribution in [0.2, 0.25) is 0 Å². The van der Waals surface area contributed by atoms with Gasteiger partial charge in [0.1, 0.15) is 0 Å². The van der Waals surface area contributed by atoms with Crippen LogP contribution in [0.5, 0.6) is 0 Å². The lowest BCUT2D eigenvalue weighted by Crippen LogP contribution is -2.47. The highest BCUT2D eigenvalue weighted by Gasteiger charge is 2.30. The molecule has 0 spiro atoms. The summed E-state index contributed by atoms with van der Waals surface area (Å²) in [5.41, 5.74) is 2.84. The van der Waals surface area contributed by atoms with Crippen molar-refractivity contribution in [3.05, 3.63) is 35.4 Å². The molecule has 1 N–H and O–H groups in total. The van der Waals surface area contributed by atoms with Crippen LogP contribution in [0.3, 0.4) is 0 Å². The maximum Gasteiger partial charge on any atom is 0.0469 e. The van der Waals surface area contributed by atoms with E-state index in [9.17, 15) is 0 Å². The van der Waals surface area contributed by atoms with E-state index in [1.54, 1.807) is 0 Å². The number of rotatable bonds is 3. The van der Waals surface area contributed by atoms with E-state index in [-0.39, 0.29) is 24.8 Å². The zero-order valence-corrected chi connectivity index (χ0v) is 14.9. The van der Waals surface area contributed by atoms with Crippen LogP contribution < -0.4 is 5.32 Å². The lowest BCUT2D eigenvalue weighted by Gasteiger charge is -2.41. The van der Waals surface area contributed by atoms with Gasteiger partial charge in [-0.25, -0.2) is 0 Å². The second kappa shape index (κ2) is 9.74. The Hall–Kier alpha value is -0.320. The minimum absolute atomic E-state index is 0. The zero-order chi connectivity index (χ0) is 13.8. The van der Waals surface area contributed by atoms with Crippen LogP contribution in [-0.2, 0) is 4.74 Å². The average Bonchev–Trinajstić information content (AvgIpc) is 2.52. The topological polar surface area (TPSA) is 24.5 Å². The summed E-state index contributed by atoms with van der Waals surface area (Å²) in [4.78, 5) is 2.68. The van der Waals surface area contributed by atoms with E-state index in [1.807, 2.05) is 0 Å². The van der Waals surface area contributed by atoms with Crippen molar-refractivity contribution in [2.24, 2.45) is 5.92 Å². The molecule has 2 saturated heterocycles. The van der Waals surface area contributed by atoms with Crippen LogP contribution in [0.1, 0.15) is 30.0 Å². The van der Waals surface area contributed by atoms with Crippen LogP contribution >= 0.6 is 24.8 Å². The lowest BCUT2D eigenvalue weighted by molar-refractivity contribution is 0.0213. The monoisotopic (exact) mass is 346 g/mol. The van der Waals surface area contributed by atoms with Crippen LogP contribution in [0.15, 0.2) is 24.3 Å². The molecule has 0 aromatic heterocycles. The fourth-order valence-electron chi connectivity index (χ4n) is 3.54. The minimum Gasteiger partial charge on any atom is -0.381 e. The summed E-state index contributed by atoms with van der Waals surface area (Å²) in [5.74, 6) is 0.740. The van der Waals surface area contributed by atoms with E-state index in [2.05, 4.69) is 41.4 Å². The molecular formula is C17H28Cl2N2O. The maximum absolute atomic E-state index is 5.56. The molecule has 2 fully saturated rings. The Bertz CT molecular complexity index is 397. The molecule has 0 bridgehead atoms. The van der Waals surface area contributed by atoms with Gasteiger partial charge in [0, 0.05) is 45.4 Å². The molecule has 0 radical (unpaired) electrons. The SMILES string of the molecule is Cc1ccc([C@@H](C2CCOCC2)N2CCNCC2)cc1.Cl.Cl. The standard InChI is InChI=1S/C17H26N2O.2ClH/c1-14-2-4-15(5-3-14)17(16-6-12-20-13-7-16)19-10-8-18-9-11-19;;/h2-5,16-18H,6-13H2,1H3;2*1H/t17-;;/m0../s1. The largest absolute Gasteiger partial charge is 0.381 e. The van der Waals surface area contributed by atoms with Crippen molar-refractivity contribution >= 4 is 24.8 Å². The van der Waals surface area contributed by atoms with E-state index >= 15 is 0 Å². The molecule has 1 aromatic carbocycles. The first-order valence-corrected chi connectivity index (χ1v) is 7.93. The van der Waals surface area contributed by atoms with Crippen molar-refractivity contribution in [3.63, 3.8) is 0 Å². The summed E-state index contributed by atoms with van der Waals surface area (Å²) in [5, 5.41) is 3.47. The fraction of sp³-hybridized carbons (Fsp3) is 0.647.